The minimum atomic E-state index is -1.30. The van der Waals surface area contributed by atoms with Crippen molar-refractivity contribution in [3.63, 3.8) is 0 Å². The molecule has 3 aromatic heterocycles. The molecule has 1 aliphatic carbocycles. The molecule has 1 saturated carbocycles. The van der Waals surface area contributed by atoms with Crippen LogP contribution in [0.25, 0.3) is 10.7 Å². The van der Waals surface area contributed by atoms with E-state index < -0.39 is 29.8 Å². The van der Waals surface area contributed by atoms with Crippen molar-refractivity contribution < 1.29 is 28.2 Å². The van der Waals surface area contributed by atoms with Crippen LogP contribution in [0.5, 0.6) is 0 Å². The van der Waals surface area contributed by atoms with Gasteiger partial charge in [0.2, 0.25) is 12.2 Å². The van der Waals surface area contributed by atoms with Gasteiger partial charge in [-0.25, -0.2) is 14.2 Å². The first-order valence-corrected chi connectivity index (χ1v) is 14.8. The number of anilines is 1. The summed E-state index contributed by atoms with van der Waals surface area (Å²) < 4.78 is 24.4. The topological polar surface area (TPSA) is 157 Å². The number of pyridine rings is 1. The summed E-state index contributed by atoms with van der Waals surface area (Å²) in [5, 5.41) is 17.7. The maximum absolute atomic E-state index is 14.4. The van der Waals surface area contributed by atoms with Crippen molar-refractivity contribution in [2.24, 2.45) is 5.92 Å². The molecule has 0 aliphatic heterocycles. The summed E-state index contributed by atoms with van der Waals surface area (Å²) in [6, 6.07) is 6.63. The zero-order chi connectivity index (χ0) is 31.2. The van der Waals surface area contributed by atoms with Crippen LogP contribution in [0.15, 0.2) is 36.7 Å². The molecule has 14 heteroatoms. The van der Waals surface area contributed by atoms with E-state index in [9.17, 15) is 18.8 Å². The second kappa shape index (κ2) is 13.4. The fourth-order valence-corrected chi connectivity index (χ4v) is 5.21. The SMILES string of the molecule is CC(OC(=O)NC(C)(C)C(=O)NCc1cnc(-c2ccc(NCC3(c4ncccc4F)CCC3)nn2)s1)OC(=O)C(C)C. The Morgan fingerprint density at radius 1 is 1.09 bits per heavy atom. The molecule has 3 heterocycles. The van der Waals surface area contributed by atoms with Crippen LogP contribution in [-0.2, 0) is 31.0 Å². The van der Waals surface area contributed by atoms with Crippen molar-refractivity contribution in [1.82, 2.24) is 30.8 Å². The van der Waals surface area contributed by atoms with E-state index in [4.69, 9.17) is 9.47 Å². The van der Waals surface area contributed by atoms with Crippen LogP contribution in [0.3, 0.4) is 0 Å². The van der Waals surface area contributed by atoms with E-state index in [0.29, 0.717) is 28.8 Å². The highest BCUT2D eigenvalue weighted by molar-refractivity contribution is 7.15. The molecule has 1 aliphatic rings. The van der Waals surface area contributed by atoms with Gasteiger partial charge in [-0.1, -0.05) is 20.3 Å². The third-order valence-corrected chi connectivity index (χ3v) is 8.07. The Kier molecular flexibility index (Phi) is 9.89. The van der Waals surface area contributed by atoms with Gasteiger partial charge in [-0.15, -0.1) is 21.5 Å². The van der Waals surface area contributed by atoms with Crippen LogP contribution in [0, 0.1) is 11.7 Å². The second-order valence-electron chi connectivity index (χ2n) is 11.3. The van der Waals surface area contributed by atoms with Crippen molar-refractivity contribution in [1.29, 1.82) is 0 Å². The lowest BCUT2D eigenvalue weighted by Crippen LogP contribution is -2.55. The Balaban J connectivity index is 1.26. The van der Waals surface area contributed by atoms with Crippen LogP contribution in [0.1, 0.15) is 64.5 Å². The van der Waals surface area contributed by atoms with Crippen LogP contribution < -0.4 is 16.0 Å². The van der Waals surface area contributed by atoms with Gasteiger partial charge >= 0.3 is 12.1 Å². The zero-order valence-corrected chi connectivity index (χ0v) is 25.6. The summed E-state index contributed by atoms with van der Waals surface area (Å²) in [6.07, 6.45) is 3.97. The molecule has 4 rings (SSSR count). The molecule has 1 unspecified atom stereocenters. The number of alkyl carbamates (subject to hydrolysis) is 1. The van der Waals surface area contributed by atoms with E-state index in [-0.39, 0.29) is 23.7 Å². The maximum Gasteiger partial charge on any atom is 0.411 e. The average molecular weight is 614 g/mol. The molecule has 0 saturated heterocycles. The monoisotopic (exact) mass is 613 g/mol. The first-order valence-electron chi connectivity index (χ1n) is 14.0. The molecule has 2 amide bonds. The predicted octanol–water partition coefficient (Wildman–Crippen LogP) is 4.33. The minimum Gasteiger partial charge on any atom is -0.425 e. The normalized spacial score (nSPS) is 14.8. The number of esters is 1. The molecule has 1 fully saturated rings. The van der Waals surface area contributed by atoms with E-state index in [1.54, 1.807) is 44.4 Å². The van der Waals surface area contributed by atoms with Gasteiger partial charge in [0.15, 0.2) is 0 Å². The Labute approximate surface area is 253 Å². The van der Waals surface area contributed by atoms with Gasteiger partial charge < -0.3 is 25.4 Å². The molecule has 0 radical (unpaired) electrons. The van der Waals surface area contributed by atoms with Gasteiger partial charge in [-0.3, -0.25) is 14.6 Å². The first-order chi connectivity index (χ1) is 20.4. The number of halogens is 1. The summed E-state index contributed by atoms with van der Waals surface area (Å²) in [5.41, 5.74) is -0.606. The molecular formula is C29H36FN7O5S. The highest BCUT2D eigenvalue weighted by atomic mass is 32.1. The van der Waals surface area contributed by atoms with Crippen molar-refractivity contribution in [2.45, 2.75) is 77.7 Å². The number of carbonyl (C=O) groups is 3. The third kappa shape index (κ3) is 8.00. The number of ether oxygens (including phenoxy) is 2. The van der Waals surface area contributed by atoms with E-state index in [1.807, 2.05) is 0 Å². The van der Waals surface area contributed by atoms with Crippen LogP contribution in [0.4, 0.5) is 15.0 Å². The largest absolute Gasteiger partial charge is 0.425 e. The predicted molar refractivity (Wildman–Crippen MR) is 157 cm³/mol. The van der Waals surface area contributed by atoms with Crippen molar-refractivity contribution in [3.8, 4) is 10.7 Å². The fourth-order valence-electron chi connectivity index (χ4n) is 4.39. The number of hydrogen-bond donors (Lipinski definition) is 3. The van der Waals surface area contributed by atoms with Crippen LogP contribution in [0.2, 0.25) is 0 Å². The van der Waals surface area contributed by atoms with E-state index in [2.05, 4.69) is 36.1 Å². The number of thiazole rings is 1. The number of nitrogens with zero attached hydrogens (tertiary/aromatic N) is 4. The molecule has 0 bridgehead atoms. The molecule has 0 aromatic carbocycles. The van der Waals surface area contributed by atoms with Gasteiger partial charge in [0, 0.05) is 36.2 Å². The Bertz CT molecular complexity index is 1440. The molecule has 1 atom stereocenters. The summed E-state index contributed by atoms with van der Waals surface area (Å²) in [7, 11) is 0. The van der Waals surface area contributed by atoms with Gasteiger partial charge in [-0.05, 0) is 51.0 Å². The summed E-state index contributed by atoms with van der Waals surface area (Å²) in [6.45, 7) is 8.48. The Hall–Kier alpha value is -4.20. The van der Waals surface area contributed by atoms with Crippen molar-refractivity contribution in [3.05, 3.63) is 53.0 Å². The highest BCUT2D eigenvalue weighted by Crippen LogP contribution is 2.43. The van der Waals surface area contributed by atoms with Gasteiger partial charge in [0.25, 0.3) is 0 Å². The van der Waals surface area contributed by atoms with E-state index in [1.165, 1.54) is 38.2 Å². The van der Waals surface area contributed by atoms with Crippen molar-refractivity contribution in [2.75, 3.05) is 11.9 Å². The number of amides is 2. The Morgan fingerprint density at radius 2 is 1.86 bits per heavy atom. The molecule has 3 N–H and O–H groups in total. The van der Waals surface area contributed by atoms with Crippen LogP contribution >= 0.6 is 11.3 Å². The molecule has 3 aromatic rings. The zero-order valence-electron chi connectivity index (χ0n) is 24.8. The summed E-state index contributed by atoms with van der Waals surface area (Å²) in [4.78, 5) is 46.1. The summed E-state index contributed by atoms with van der Waals surface area (Å²) >= 11 is 1.34. The highest BCUT2D eigenvalue weighted by Gasteiger charge is 2.41. The molecular weight excluding hydrogens is 577 g/mol. The standard InChI is InChI=1S/C29H36FN7O5S/c1-17(2)25(38)41-18(3)42-27(40)35-28(4,5)26(39)33-15-19-14-32-24(43-19)21-9-10-22(37-36-21)34-16-29(11-7-12-29)23-20(30)8-6-13-31-23/h6,8-10,13-14,17-18H,7,11-12,15-16H2,1-5H3,(H,33,39)(H,34,37)(H,35,40). The maximum atomic E-state index is 14.4. The first kappa shape index (κ1) is 31.7. The molecule has 12 nitrogen and oxygen atoms in total. The second-order valence-corrected chi connectivity index (χ2v) is 12.4. The van der Waals surface area contributed by atoms with E-state index >= 15 is 0 Å². The minimum absolute atomic E-state index is 0.179. The van der Waals surface area contributed by atoms with Crippen LogP contribution in [-0.4, -0.2) is 56.5 Å². The van der Waals surface area contributed by atoms with Gasteiger partial charge in [-0.2, -0.15) is 0 Å². The average Bonchev–Trinajstić information content (AvgIpc) is 3.40. The van der Waals surface area contributed by atoms with E-state index in [0.717, 1.165) is 24.1 Å². The van der Waals surface area contributed by atoms with Crippen molar-refractivity contribution >= 4 is 35.1 Å². The molecule has 43 heavy (non-hydrogen) atoms. The number of rotatable bonds is 12. The lowest BCUT2D eigenvalue weighted by atomic mass is 9.66. The molecule has 0 spiro atoms. The number of nitrogens with one attached hydrogen (secondary N) is 3. The fraction of sp³-hybridized carbons (Fsp3) is 0.483. The Morgan fingerprint density at radius 3 is 2.49 bits per heavy atom. The lowest BCUT2D eigenvalue weighted by molar-refractivity contribution is -0.169. The number of aromatic nitrogens is 4. The quantitative estimate of drug-likeness (QED) is 0.198. The van der Waals surface area contributed by atoms with Gasteiger partial charge in [0.1, 0.15) is 27.9 Å². The number of carbonyl (C=O) groups excluding carboxylic acids is 3. The van der Waals surface area contributed by atoms with Gasteiger partial charge in [0.05, 0.1) is 18.2 Å². The number of hydrogen-bond acceptors (Lipinski definition) is 11. The third-order valence-electron chi connectivity index (χ3n) is 7.05. The summed E-state index contributed by atoms with van der Waals surface area (Å²) in [5.74, 6) is -1.05. The smallest absolute Gasteiger partial charge is 0.411 e. The lowest BCUT2D eigenvalue weighted by Gasteiger charge is -2.41. The molecule has 230 valence electrons.